The molecule has 2 aliphatic heterocycles. The lowest BCUT2D eigenvalue weighted by atomic mass is 10.0. The summed E-state index contributed by atoms with van der Waals surface area (Å²) in [5.41, 5.74) is 1.57. The molecule has 1 atom stereocenters. The third kappa shape index (κ3) is 6.30. The Morgan fingerprint density at radius 3 is 2.84 bits per heavy atom. The lowest BCUT2D eigenvalue weighted by Crippen LogP contribution is -2.35. The van der Waals surface area contributed by atoms with Crippen LogP contribution in [0.1, 0.15) is 38.5 Å². The quantitative estimate of drug-likeness (QED) is 0.457. The van der Waals surface area contributed by atoms with Gasteiger partial charge in [-0.25, -0.2) is 9.78 Å². The minimum Gasteiger partial charge on any atom is -0.369 e. The van der Waals surface area contributed by atoms with E-state index in [-0.39, 0.29) is 6.03 Å². The van der Waals surface area contributed by atoms with Crippen molar-refractivity contribution in [2.45, 2.75) is 44.6 Å². The Morgan fingerprint density at radius 1 is 1.19 bits per heavy atom. The molecule has 0 aliphatic carbocycles. The first kappa shape index (κ1) is 21.8. The fourth-order valence-corrected chi connectivity index (χ4v) is 4.34. The highest BCUT2D eigenvalue weighted by molar-refractivity contribution is 9.10. The summed E-state index contributed by atoms with van der Waals surface area (Å²) >= 11 is 3.53. The van der Waals surface area contributed by atoms with Crippen molar-refractivity contribution in [1.82, 2.24) is 20.2 Å². The highest BCUT2D eigenvalue weighted by Crippen LogP contribution is 2.24. The fourth-order valence-electron chi connectivity index (χ4n) is 4.01. The van der Waals surface area contributed by atoms with Crippen LogP contribution in [-0.4, -0.2) is 53.1 Å². The molecule has 2 fully saturated rings. The molecular weight excluding hydrogens is 458 g/mol. The minimum atomic E-state index is -0.0477. The number of carbonyl (C=O) groups is 1. The molecule has 2 saturated heterocycles. The summed E-state index contributed by atoms with van der Waals surface area (Å²) in [5, 5.41) is 13.2. The number of carbonyl (C=O) groups excluding carboxylic acids is 1. The third-order valence-electron chi connectivity index (χ3n) is 5.70. The smallest absolute Gasteiger partial charge is 0.321 e. The second kappa shape index (κ2) is 10.8. The summed E-state index contributed by atoms with van der Waals surface area (Å²) in [7, 11) is 0. The van der Waals surface area contributed by atoms with E-state index in [1.165, 1.54) is 19.3 Å². The van der Waals surface area contributed by atoms with Crippen LogP contribution >= 0.6 is 15.9 Å². The van der Waals surface area contributed by atoms with Crippen molar-refractivity contribution in [3.05, 3.63) is 34.9 Å². The summed E-state index contributed by atoms with van der Waals surface area (Å²) in [6.45, 7) is 3.62. The number of amides is 2. The number of nitrogens with one attached hydrogen (secondary N) is 4. The summed E-state index contributed by atoms with van der Waals surface area (Å²) in [5.74, 6) is 1.27. The first-order valence-corrected chi connectivity index (χ1v) is 11.9. The number of halogens is 1. The summed E-state index contributed by atoms with van der Waals surface area (Å²) in [6, 6.07) is 8.14. The van der Waals surface area contributed by atoms with Gasteiger partial charge in [-0.05, 0) is 72.8 Å². The fraction of sp³-hybridized carbons (Fsp3) is 0.500. The number of piperidine rings is 1. The van der Waals surface area contributed by atoms with Gasteiger partial charge in [0.1, 0.15) is 5.82 Å². The van der Waals surface area contributed by atoms with E-state index in [0.29, 0.717) is 12.0 Å². The highest BCUT2D eigenvalue weighted by atomic mass is 79.9. The molecule has 1 aromatic carbocycles. The molecule has 3 heterocycles. The maximum absolute atomic E-state index is 12.3. The van der Waals surface area contributed by atoms with E-state index in [0.717, 1.165) is 67.1 Å². The van der Waals surface area contributed by atoms with Crippen molar-refractivity contribution < 1.29 is 4.79 Å². The number of likely N-dealkylation sites (tertiary alicyclic amines) is 1. The van der Waals surface area contributed by atoms with Crippen LogP contribution in [-0.2, 0) is 0 Å². The standard InChI is InChI=1S/C22H30BrN7O/c23-19-15-26-21(29-20(19)25-11-9-16-6-1-2-10-24-16)27-17-7-5-8-18(14-17)28-22(31)30-12-3-4-13-30/h5,7-8,14-16,24H,1-4,6,9-13H2,(H,28,31)(H2,25,26,27,29). The number of hydrogen-bond acceptors (Lipinski definition) is 6. The van der Waals surface area contributed by atoms with E-state index in [9.17, 15) is 4.79 Å². The van der Waals surface area contributed by atoms with Crippen LogP contribution in [0.5, 0.6) is 0 Å². The minimum absolute atomic E-state index is 0.0477. The van der Waals surface area contributed by atoms with E-state index in [1.54, 1.807) is 6.20 Å². The zero-order chi connectivity index (χ0) is 21.5. The van der Waals surface area contributed by atoms with Crippen LogP contribution in [0.25, 0.3) is 0 Å². The Hall–Kier alpha value is -2.39. The average molecular weight is 488 g/mol. The number of hydrogen-bond donors (Lipinski definition) is 4. The summed E-state index contributed by atoms with van der Waals surface area (Å²) < 4.78 is 0.835. The van der Waals surface area contributed by atoms with Gasteiger partial charge in [-0.1, -0.05) is 12.5 Å². The average Bonchev–Trinajstić information content (AvgIpc) is 3.32. The Bertz CT molecular complexity index is 882. The first-order valence-electron chi connectivity index (χ1n) is 11.1. The van der Waals surface area contributed by atoms with Gasteiger partial charge >= 0.3 is 6.03 Å². The number of urea groups is 1. The summed E-state index contributed by atoms with van der Waals surface area (Å²) in [4.78, 5) is 23.2. The molecule has 4 N–H and O–H groups in total. The van der Waals surface area contributed by atoms with Crippen molar-refractivity contribution >= 4 is 45.1 Å². The van der Waals surface area contributed by atoms with Crippen LogP contribution in [0.4, 0.5) is 27.9 Å². The van der Waals surface area contributed by atoms with Crippen LogP contribution in [0, 0.1) is 0 Å². The van der Waals surface area contributed by atoms with Crippen molar-refractivity contribution in [2.24, 2.45) is 0 Å². The molecule has 2 aromatic rings. The Kier molecular flexibility index (Phi) is 7.58. The first-order chi connectivity index (χ1) is 15.2. The second-order valence-electron chi connectivity index (χ2n) is 8.08. The molecule has 31 heavy (non-hydrogen) atoms. The lowest BCUT2D eigenvalue weighted by Gasteiger charge is -2.23. The Labute approximate surface area is 191 Å². The van der Waals surface area contributed by atoms with Crippen LogP contribution in [0.15, 0.2) is 34.9 Å². The van der Waals surface area contributed by atoms with Crippen molar-refractivity contribution in [3.8, 4) is 0 Å². The predicted molar refractivity (Wildman–Crippen MR) is 128 cm³/mol. The molecule has 166 valence electrons. The Balaban J connectivity index is 1.34. The molecule has 0 bridgehead atoms. The normalized spacial score (nSPS) is 18.6. The molecule has 4 rings (SSSR count). The summed E-state index contributed by atoms with van der Waals surface area (Å²) in [6.07, 6.45) is 8.78. The van der Waals surface area contributed by atoms with E-state index < -0.39 is 0 Å². The van der Waals surface area contributed by atoms with Gasteiger partial charge in [0.05, 0.1) is 4.47 Å². The molecular formula is C22H30BrN7O. The van der Waals surface area contributed by atoms with Gasteiger partial charge in [-0.3, -0.25) is 0 Å². The maximum Gasteiger partial charge on any atom is 0.321 e. The molecule has 0 spiro atoms. The van der Waals surface area contributed by atoms with Crippen LogP contribution in [0.3, 0.4) is 0 Å². The van der Waals surface area contributed by atoms with E-state index in [4.69, 9.17) is 0 Å². The monoisotopic (exact) mass is 487 g/mol. The zero-order valence-corrected chi connectivity index (χ0v) is 19.2. The molecule has 2 aliphatic rings. The van der Waals surface area contributed by atoms with Gasteiger partial charge in [0, 0.05) is 43.2 Å². The van der Waals surface area contributed by atoms with Crippen LogP contribution in [0.2, 0.25) is 0 Å². The van der Waals surface area contributed by atoms with Gasteiger partial charge in [0.25, 0.3) is 0 Å². The predicted octanol–water partition coefficient (Wildman–Crippen LogP) is 4.55. The molecule has 9 heteroatoms. The topological polar surface area (TPSA) is 94.2 Å². The van der Waals surface area contributed by atoms with Gasteiger partial charge < -0.3 is 26.2 Å². The van der Waals surface area contributed by atoms with Gasteiger partial charge in [0.15, 0.2) is 0 Å². The van der Waals surface area contributed by atoms with Crippen LogP contribution < -0.4 is 21.3 Å². The number of benzene rings is 1. The second-order valence-corrected chi connectivity index (χ2v) is 8.94. The lowest BCUT2D eigenvalue weighted by molar-refractivity contribution is 0.222. The zero-order valence-electron chi connectivity index (χ0n) is 17.7. The van der Waals surface area contributed by atoms with E-state index in [2.05, 4.69) is 47.2 Å². The van der Waals surface area contributed by atoms with Crippen molar-refractivity contribution in [3.63, 3.8) is 0 Å². The molecule has 0 saturated carbocycles. The van der Waals surface area contributed by atoms with Crippen molar-refractivity contribution in [1.29, 1.82) is 0 Å². The van der Waals surface area contributed by atoms with Gasteiger partial charge in [-0.15, -0.1) is 0 Å². The van der Waals surface area contributed by atoms with E-state index >= 15 is 0 Å². The molecule has 8 nitrogen and oxygen atoms in total. The highest BCUT2D eigenvalue weighted by Gasteiger charge is 2.18. The molecule has 2 amide bonds. The maximum atomic E-state index is 12.3. The van der Waals surface area contributed by atoms with E-state index in [1.807, 2.05) is 29.2 Å². The Morgan fingerprint density at radius 2 is 2.03 bits per heavy atom. The number of anilines is 4. The number of rotatable bonds is 7. The largest absolute Gasteiger partial charge is 0.369 e. The molecule has 0 radical (unpaired) electrons. The molecule has 1 unspecified atom stereocenters. The number of aromatic nitrogens is 2. The SMILES string of the molecule is O=C(Nc1cccc(Nc2ncc(Br)c(NCCC3CCCCN3)n2)c1)N1CCCC1. The van der Waals surface area contributed by atoms with Crippen molar-refractivity contribution in [2.75, 3.05) is 42.1 Å². The number of nitrogens with zero attached hydrogens (tertiary/aromatic N) is 3. The van der Waals surface area contributed by atoms with Gasteiger partial charge in [-0.2, -0.15) is 4.98 Å². The molecule has 1 aromatic heterocycles. The third-order valence-corrected chi connectivity index (χ3v) is 6.29. The van der Waals surface area contributed by atoms with Gasteiger partial charge in [0.2, 0.25) is 5.95 Å².